The average Bonchev–Trinajstić information content (AvgIpc) is 3.10. The minimum atomic E-state index is -0.559. The van der Waals surface area contributed by atoms with E-state index in [9.17, 15) is 4.79 Å². The van der Waals surface area contributed by atoms with Crippen molar-refractivity contribution < 1.29 is 4.79 Å². The minimum Gasteiger partial charge on any atom is -0.368 e. The lowest BCUT2D eigenvalue weighted by Crippen LogP contribution is -2.53. The Morgan fingerprint density at radius 2 is 2.20 bits per heavy atom. The molecule has 1 aliphatic rings. The third-order valence-electron chi connectivity index (χ3n) is 4.04. The first kappa shape index (κ1) is 15.0. The third-order valence-corrected chi connectivity index (χ3v) is 4.04. The lowest BCUT2D eigenvalue weighted by molar-refractivity contribution is -0.124. The van der Waals surface area contributed by atoms with E-state index in [1.165, 1.54) is 5.69 Å². The van der Waals surface area contributed by atoms with E-state index in [0.717, 1.165) is 44.3 Å². The van der Waals surface area contributed by atoms with E-state index >= 15 is 0 Å². The molecule has 2 rings (SSSR count). The van der Waals surface area contributed by atoms with Crippen LogP contribution in [0.1, 0.15) is 50.4 Å². The SMILES string of the molecule is Cc1cc(C)n(CCCCC(C)(NC2CC2)C(N)=O)n1. The number of nitrogens with one attached hydrogen (secondary N) is 1. The maximum atomic E-state index is 11.6. The van der Waals surface area contributed by atoms with Crippen LogP contribution in [-0.2, 0) is 11.3 Å². The van der Waals surface area contributed by atoms with Crippen LogP contribution in [0.2, 0.25) is 0 Å². The van der Waals surface area contributed by atoms with Crippen LogP contribution in [-0.4, -0.2) is 27.3 Å². The Labute approximate surface area is 120 Å². The van der Waals surface area contributed by atoms with Crippen LogP contribution in [0.15, 0.2) is 6.07 Å². The predicted octanol–water partition coefficient (Wildman–Crippen LogP) is 1.67. The summed E-state index contributed by atoms with van der Waals surface area (Å²) in [5.74, 6) is -0.240. The fraction of sp³-hybridized carbons (Fsp3) is 0.733. The molecule has 0 aromatic carbocycles. The first-order valence-electron chi connectivity index (χ1n) is 7.49. The summed E-state index contributed by atoms with van der Waals surface area (Å²) in [5.41, 5.74) is 7.24. The fourth-order valence-corrected chi connectivity index (χ4v) is 2.59. The van der Waals surface area contributed by atoms with Crippen molar-refractivity contribution in [2.45, 2.75) is 71.0 Å². The zero-order valence-electron chi connectivity index (χ0n) is 12.8. The molecule has 112 valence electrons. The molecule has 1 heterocycles. The maximum absolute atomic E-state index is 11.6. The van der Waals surface area contributed by atoms with Gasteiger partial charge in [-0.1, -0.05) is 0 Å². The highest BCUT2D eigenvalue weighted by Gasteiger charge is 2.36. The zero-order valence-corrected chi connectivity index (χ0v) is 12.8. The van der Waals surface area contributed by atoms with Crippen molar-refractivity contribution in [1.82, 2.24) is 15.1 Å². The monoisotopic (exact) mass is 278 g/mol. The van der Waals surface area contributed by atoms with Gasteiger partial charge >= 0.3 is 0 Å². The molecule has 1 saturated carbocycles. The van der Waals surface area contributed by atoms with Crippen LogP contribution in [0.4, 0.5) is 0 Å². The quantitative estimate of drug-likeness (QED) is 0.710. The molecule has 0 radical (unpaired) electrons. The summed E-state index contributed by atoms with van der Waals surface area (Å²) in [5, 5.41) is 7.83. The number of nitrogens with zero attached hydrogens (tertiary/aromatic N) is 2. The molecule has 1 amide bonds. The molecule has 0 saturated heterocycles. The molecular formula is C15H26N4O. The zero-order chi connectivity index (χ0) is 14.8. The number of rotatable bonds is 8. The number of aromatic nitrogens is 2. The van der Waals surface area contributed by atoms with Crippen molar-refractivity contribution in [3.8, 4) is 0 Å². The molecule has 0 bridgehead atoms. The molecule has 1 aromatic rings. The summed E-state index contributed by atoms with van der Waals surface area (Å²) >= 11 is 0. The molecule has 1 aromatic heterocycles. The van der Waals surface area contributed by atoms with E-state index in [-0.39, 0.29) is 5.91 Å². The average molecular weight is 278 g/mol. The topological polar surface area (TPSA) is 72.9 Å². The van der Waals surface area contributed by atoms with Gasteiger partial charge < -0.3 is 11.1 Å². The number of primary amides is 1. The van der Waals surface area contributed by atoms with Gasteiger partial charge in [0.05, 0.1) is 11.2 Å². The van der Waals surface area contributed by atoms with Crippen molar-refractivity contribution in [2.24, 2.45) is 5.73 Å². The number of hydrogen-bond acceptors (Lipinski definition) is 3. The molecular weight excluding hydrogens is 252 g/mol. The van der Waals surface area contributed by atoms with Crippen LogP contribution >= 0.6 is 0 Å². The van der Waals surface area contributed by atoms with E-state index in [1.54, 1.807) is 0 Å². The van der Waals surface area contributed by atoms with Gasteiger partial charge in [-0.15, -0.1) is 0 Å². The number of amides is 1. The molecule has 0 spiro atoms. The van der Waals surface area contributed by atoms with E-state index in [0.29, 0.717) is 6.04 Å². The third kappa shape index (κ3) is 3.82. The van der Waals surface area contributed by atoms with E-state index in [2.05, 4.69) is 23.4 Å². The van der Waals surface area contributed by atoms with Crippen molar-refractivity contribution in [3.05, 3.63) is 17.5 Å². The van der Waals surface area contributed by atoms with Crippen molar-refractivity contribution in [2.75, 3.05) is 0 Å². The van der Waals surface area contributed by atoms with Gasteiger partial charge in [0, 0.05) is 18.3 Å². The Kier molecular flexibility index (Phi) is 4.48. The number of hydrogen-bond donors (Lipinski definition) is 2. The number of carbonyl (C=O) groups excluding carboxylic acids is 1. The number of aryl methyl sites for hydroxylation is 3. The molecule has 1 fully saturated rings. The standard InChI is InChI=1S/C15H26N4O/c1-11-10-12(2)19(18-11)9-5-4-8-15(3,14(16)20)17-13-6-7-13/h10,13,17H,4-9H2,1-3H3,(H2,16,20). The highest BCUT2D eigenvalue weighted by Crippen LogP contribution is 2.25. The molecule has 1 unspecified atom stereocenters. The lowest BCUT2D eigenvalue weighted by atomic mass is 9.93. The Bertz CT molecular complexity index is 478. The van der Waals surface area contributed by atoms with Gasteiger partial charge in [-0.2, -0.15) is 5.10 Å². The smallest absolute Gasteiger partial charge is 0.237 e. The first-order chi connectivity index (χ1) is 9.40. The molecule has 0 aliphatic heterocycles. The van der Waals surface area contributed by atoms with Crippen LogP contribution in [0.25, 0.3) is 0 Å². The maximum Gasteiger partial charge on any atom is 0.237 e. The van der Waals surface area contributed by atoms with Crippen LogP contribution in [0, 0.1) is 13.8 Å². The Morgan fingerprint density at radius 3 is 2.70 bits per heavy atom. The van der Waals surface area contributed by atoms with Gasteiger partial charge in [0.1, 0.15) is 0 Å². The van der Waals surface area contributed by atoms with Crippen molar-refractivity contribution in [1.29, 1.82) is 0 Å². The largest absolute Gasteiger partial charge is 0.368 e. The molecule has 1 atom stereocenters. The van der Waals surface area contributed by atoms with Gasteiger partial charge in [0.25, 0.3) is 0 Å². The predicted molar refractivity (Wildman–Crippen MR) is 79.3 cm³/mol. The summed E-state index contributed by atoms with van der Waals surface area (Å²) in [6.07, 6.45) is 5.09. The van der Waals surface area contributed by atoms with Gasteiger partial charge in [-0.25, -0.2) is 0 Å². The summed E-state index contributed by atoms with van der Waals surface area (Å²) < 4.78 is 2.03. The van der Waals surface area contributed by atoms with Crippen LogP contribution < -0.4 is 11.1 Å². The molecule has 5 nitrogen and oxygen atoms in total. The van der Waals surface area contributed by atoms with Crippen LogP contribution in [0.3, 0.4) is 0 Å². The van der Waals surface area contributed by atoms with E-state index < -0.39 is 5.54 Å². The minimum absolute atomic E-state index is 0.240. The molecule has 5 heteroatoms. The summed E-state index contributed by atoms with van der Waals surface area (Å²) in [4.78, 5) is 11.6. The van der Waals surface area contributed by atoms with E-state index in [1.807, 2.05) is 18.5 Å². The second kappa shape index (κ2) is 5.95. The lowest BCUT2D eigenvalue weighted by Gasteiger charge is -2.27. The normalized spacial score (nSPS) is 17.9. The van der Waals surface area contributed by atoms with Crippen molar-refractivity contribution in [3.63, 3.8) is 0 Å². The summed E-state index contributed by atoms with van der Waals surface area (Å²) in [6, 6.07) is 2.57. The Balaban J connectivity index is 1.78. The fourth-order valence-electron chi connectivity index (χ4n) is 2.59. The van der Waals surface area contributed by atoms with Gasteiger partial charge in [-0.05, 0) is 58.9 Å². The van der Waals surface area contributed by atoms with Gasteiger partial charge in [0.2, 0.25) is 5.91 Å². The molecule has 20 heavy (non-hydrogen) atoms. The number of carbonyl (C=O) groups is 1. The van der Waals surface area contributed by atoms with Crippen molar-refractivity contribution >= 4 is 5.91 Å². The van der Waals surface area contributed by atoms with E-state index in [4.69, 9.17) is 5.73 Å². The molecule has 3 N–H and O–H groups in total. The first-order valence-corrected chi connectivity index (χ1v) is 7.49. The highest BCUT2D eigenvalue weighted by molar-refractivity contribution is 5.84. The van der Waals surface area contributed by atoms with Gasteiger partial charge in [-0.3, -0.25) is 9.48 Å². The molecule has 1 aliphatic carbocycles. The second-order valence-electron chi connectivity index (χ2n) is 6.22. The summed E-state index contributed by atoms with van der Waals surface area (Å²) in [6.45, 7) is 6.91. The Hall–Kier alpha value is -1.36. The number of unbranched alkanes of at least 4 members (excludes halogenated alkanes) is 1. The second-order valence-corrected chi connectivity index (χ2v) is 6.22. The summed E-state index contributed by atoms with van der Waals surface area (Å²) in [7, 11) is 0. The Morgan fingerprint density at radius 1 is 1.50 bits per heavy atom. The van der Waals surface area contributed by atoms with Gasteiger partial charge in [0.15, 0.2) is 0 Å². The highest BCUT2D eigenvalue weighted by atomic mass is 16.1. The number of nitrogens with two attached hydrogens (primary N) is 1. The van der Waals surface area contributed by atoms with Crippen LogP contribution in [0.5, 0.6) is 0 Å².